The molecule has 0 aromatic carbocycles. The Morgan fingerprint density at radius 3 is 2.81 bits per heavy atom. The second kappa shape index (κ2) is 5.19. The van der Waals surface area contributed by atoms with E-state index < -0.39 is 0 Å². The average Bonchev–Trinajstić information content (AvgIpc) is 2.89. The number of amides is 1. The van der Waals surface area contributed by atoms with E-state index in [1.807, 2.05) is 19.1 Å². The van der Waals surface area contributed by atoms with Crippen molar-refractivity contribution in [2.75, 3.05) is 6.54 Å². The Hall–Kier alpha value is -1.25. The lowest BCUT2D eigenvalue weighted by Crippen LogP contribution is -2.30. The number of carbonyl (C=O) groups excluding carboxylic acids is 1. The van der Waals surface area contributed by atoms with Gasteiger partial charge >= 0.3 is 0 Å². The van der Waals surface area contributed by atoms with Gasteiger partial charge in [-0.25, -0.2) is 0 Å². The third-order valence-electron chi connectivity index (χ3n) is 3.19. The summed E-state index contributed by atoms with van der Waals surface area (Å²) in [4.78, 5) is 11.7. The van der Waals surface area contributed by atoms with Crippen molar-refractivity contribution in [2.24, 2.45) is 5.92 Å². The molecule has 1 aromatic rings. The lowest BCUT2D eigenvalue weighted by atomic mass is 10.1. The van der Waals surface area contributed by atoms with Crippen molar-refractivity contribution in [3.05, 3.63) is 23.7 Å². The molecule has 1 aliphatic carbocycles. The van der Waals surface area contributed by atoms with Gasteiger partial charge in [-0.3, -0.25) is 4.79 Å². The standard InChI is InChI=1S/C13H19NO2/c1-10-6-7-12(16-10)8-9-14-13(15)11-4-2-3-5-11/h6-7,11H,2-5,8-9H2,1H3,(H,14,15). The van der Waals surface area contributed by atoms with E-state index in [1.165, 1.54) is 12.8 Å². The number of furan rings is 1. The SMILES string of the molecule is Cc1ccc(CCNC(=O)C2CCCC2)o1. The molecular formula is C13H19NO2. The first-order valence-electron chi connectivity index (χ1n) is 6.09. The molecule has 1 amide bonds. The number of rotatable bonds is 4. The van der Waals surface area contributed by atoms with Crippen molar-refractivity contribution in [3.63, 3.8) is 0 Å². The van der Waals surface area contributed by atoms with E-state index >= 15 is 0 Å². The summed E-state index contributed by atoms with van der Waals surface area (Å²) in [5.41, 5.74) is 0. The van der Waals surface area contributed by atoms with Gasteiger partial charge in [-0.2, -0.15) is 0 Å². The molecule has 0 spiro atoms. The van der Waals surface area contributed by atoms with Crippen molar-refractivity contribution in [1.29, 1.82) is 0 Å². The Morgan fingerprint density at radius 2 is 2.19 bits per heavy atom. The Balaban J connectivity index is 1.69. The summed E-state index contributed by atoms with van der Waals surface area (Å²) >= 11 is 0. The van der Waals surface area contributed by atoms with Gasteiger partial charge in [0.2, 0.25) is 5.91 Å². The van der Waals surface area contributed by atoms with Crippen LogP contribution in [0, 0.1) is 12.8 Å². The summed E-state index contributed by atoms with van der Waals surface area (Å²) in [6.07, 6.45) is 5.31. The van der Waals surface area contributed by atoms with Gasteiger partial charge < -0.3 is 9.73 Å². The van der Waals surface area contributed by atoms with E-state index in [0.29, 0.717) is 6.54 Å². The summed E-state index contributed by atoms with van der Waals surface area (Å²) < 4.78 is 5.44. The molecule has 16 heavy (non-hydrogen) atoms. The molecule has 1 fully saturated rings. The molecule has 1 aromatic heterocycles. The number of carbonyl (C=O) groups is 1. The average molecular weight is 221 g/mol. The molecule has 3 nitrogen and oxygen atoms in total. The van der Waals surface area contributed by atoms with Crippen LogP contribution in [0.2, 0.25) is 0 Å². The number of aryl methyl sites for hydroxylation is 1. The normalized spacial score (nSPS) is 16.6. The number of hydrogen-bond donors (Lipinski definition) is 1. The minimum Gasteiger partial charge on any atom is -0.466 e. The number of hydrogen-bond acceptors (Lipinski definition) is 2. The zero-order chi connectivity index (χ0) is 11.4. The lowest BCUT2D eigenvalue weighted by molar-refractivity contribution is -0.124. The largest absolute Gasteiger partial charge is 0.466 e. The monoisotopic (exact) mass is 221 g/mol. The first kappa shape index (κ1) is 11.2. The highest BCUT2D eigenvalue weighted by atomic mass is 16.3. The van der Waals surface area contributed by atoms with Gasteiger partial charge in [0.05, 0.1) is 0 Å². The quantitative estimate of drug-likeness (QED) is 0.848. The predicted octanol–water partition coefficient (Wildman–Crippen LogP) is 2.44. The fourth-order valence-electron chi connectivity index (χ4n) is 2.26. The van der Waals surface area contributed by atoms with E-state index in [-0.39, 0.29) is 11.8 Å². The van der Waals surface area contributed by atoms with Crippen molar-refractivity contribution in [1.82, 2.24) is 5.32 Å². The lowest BCUT2D eigenvalue weighted by Gasteiger charge is -2.09. The number of nitrogens with one attached hydrogen (secondary N) is 1. The molecule has 0 unspecified atom stereocenters. The predicted molar refractivity (Wildman–Crippen MR) is 62.1 cm³/mol. The van der Waals surface area contributed by atoms with Gasteiger partial charge in [-0.15, -0.1) is 0 Å². The fourth-order valence-corrected chi connectivity index (χ4v) is 2.26. The molecule has 88 valence electrons. The van der Waals surface area contributed by atoms with Crippen molar-refractivity contribution >= 4 is 5.91 Å². The molecule has 0 bridgehead atoms. The van der Waals surface area contributed by atoms with Crippen LogP contribution in [0.1, 0.15) is 37.2 Å². The maximum atomic E-state index is 11.7. The molecule has 1 N–H and O–H groups in total. The van der Waals surface area contributed by atoms with Crippen LogP contribution in [0.25, 0.3) is 0 Å². The molecule has 3 heteroatoms. The van der Waals surface area contributed by atoms with E-state index in [4.69, 9.17) is 4.42 Å². The van der Waals surface area contributed by atoms with E-state index in [1.54, 1.807) is 0 Å². The van der Waals surface area contributed by atoms with Crippen molar-refractivity contribution in [3.8, 4) is 0 Å². The Kier molecular flexibility index (Phi) is 3.65. The first-order chi connectivity index (χ1) is 7.75. The Bertz CT molecular complexity index is 351. The molecule has 1 heterocycles. The Morgan fingerprint density at radius 1 is 1.44 bits per heavy atom. The smallest absolute Gasteiger partial charge is 0.223 e. The van der Waals surface area contributed by atoms with Crippen LogP contribution in [0.4, 0.5) is 0 Å². The molecule has 1 aliphatic rings. The molecule has 0 aliphatic heterocycles. The van der Waals surface area contributed by atoms with Crippen molar-refractivity contribution in [2.45, 2.75) is 39.0 Å². The summed E-state index contributed by atoms with van der Waals surface area (Å²) in [6.45, 7) is 2.61. The van der Waals surface area contributed by atoms with Crippen LogP contribution < -0.4 is 5.32 Å². The summed E-state index contributed by atoms with van der Waals surface area (Å²) in [6, 6.07) is 3.92. The molecule has 0 saturated heterocycles. The van der Waals surface area contributed by atoms with Crippen LogP contribution in [0.3, 0.4) is 0 Å². The van der Waals surface area contributed by atoms with Crippen LogP contribution in [-0.2, 0) is 11.2 Å². The minimum atomic E-state index is 0.223. The topological polar surface area (TPSA) is 42.2 Å². The van der Waals surface area contributed by atoms with Gasteiger partial charge in [0.1, 0.15) is 11.5 Å². The van der Waals surface area contributed by atoms with Gasteiger partial charge in [0.25, 0.3) is 0 Å². The summed E-state index contributed by atoms with van der Waals surface area (Å²) in [5, 5.41) is 2.98. The van der Waals surface area contributed by atoms with E-state index in [0.717, 1.165) is 30.8 Å². The molecule has 0 atom stereocenters. The van der Waals surface area contributed by atoms with Crippen LogP contribution >= 0.6 is 0 Å². The first-order valence-corrected chi connectivity index (χ1v) is 6.09. The van der Waals surface area contributed by atoms with Crippen molar-refractivity contribution < 1.29 is 9.21 Å². The second-order valence-electron chi connectivity index (χ2n) is 4.53. The molecular weight excluding hydrogens is 202 g/mol. The fraction of sp³-hybridized carbons (Fsp3) is 0.615. The van der Waals surface area contributed by atoms with E-state index in [9.17, 15) is 4.79 Å². The van der Waals surface area contributed by atoms with Gasteiger partial charge in [-0.05, 0) is 31.9 Å². The molecule has 2 rings (SSSR count). The van der Waals surface area contributed by atoms with E-state index in [2.05, 4.69) is 5.32 Å². The zero-order valence-corrected chi connectivity index (χ0v) is 9.79. The third-order valence-corrected chi connectivity index (χ3v) is 3.19. The maximum absolute atomic E-state index is 11.7. The Labute approximate surface area is 96.2 Å². The van der Waals surface area contributed by atoms with Crippen LogP contribution in [0.5, 0.6) is 0 Å². The second-order valence-corrected chi connectivity index (χ2v) is 4.53. The maximum Gasteiger partial charge on any atom is 0.223 e. The molecule has 1 saturated carbocycles. The van der Waals surface area contributed by atoms with Crippen LogP contribution in [0.15, 0.2) is 16.5 Å². The highest BCUT2D eigenvalue weighted by Gasteiger charge is 2.21. The molecule has 0 radical (unpaired) electrons. The van der Waals surface area contributed by atoms with Crippen LogP contribution in [-0.4, -0.2) is 12.5 Å². The van der Waals surface area contributed by atoms with Gasteiger partial charge in [0.15, 0.2) is 0 Å². The van der Waals surface area contributed by atoms with Gasteiger partial charge in [0, 0.05) is 18.9 Å². The van der Waals surface area contributed by atoms with Gasteiger partial charge in [-0.1, -0.05) is 12.8 Å². The zero-order valence-electron chi connectivity index (χ0n) is 9.79. The highest BCUT2D eigenvalue weighted by Crippen LogP contribution is 2.24. The third kappa shape index (κ3) is 2.87. The highest BCUT2D eigenvalue weighted by molar-refractivity contribution is 5.78. The minimum absolute atomic E-state index is 0.223. The summed E-state index contributed by atoms with van der Waals surface area (Å²) in [5.74, 6) is 2.36. The summed E-state index contributed by atoms with van der Waals surface area (Å²) in [7, 11) is 0.